The summed E-state index contributed by atoms with van der Waals surface area (Å²) in [5, 5.41) is 24.3. The van der Waals surface area contributed by atoms with Gasteiger partial charge in [0, 0.05) is 19.7 Å². The molecule has 8 heteroatoms. The lowest BCUT2D eigenvalue weighted by Crippen LogP contribution is -2.01. The number of aliphatic hydroxyl groups is 1. The average Bonchev–Trinajstić information content (AvgIpc) is 2.84. The number of aliphatic hydroxyl groups excluding tert-OH is 1. The van der Waals surface area contributed by atoms with Crippen molar-refractivity contribution in [1.29, 1.82) is 0 Å². The van der Waals surface area contributed by atoms with E-state index in [-0.39, 0.29) is 18.0 Å². The van der Waals surface area contributed by atoms with Crippen LogP contribution in [0.1, 0.15) is 5.56 Å². The highest BCUT2D eigenvalue weighted by Crippen LogP contribution is 2.37. The van der Waals surface area contributed by atoms with Crippen LogP contribution in [0.4, 0.5) is 5.69 Å². The Morgan fingerprint density at radius 3 is 2.75 bits per heavy atom. The highest BCUT2D eigenvalue weighted by Gasteiger charge is 2.23. The lowest BCUT2D eigenvalue weighted by Gasteiger charge is -2.09. The second kappa shape index (κ2) is 5.66. The van der Waals surface area contributed by atoms with Gasteiger partial charge in [0.05, 0.1) is 17.6 Å². The summed E-state index contributed by atoms with van der Waals surface area (Å²) < 4.78 is 6.64. The third-order valence-electron chi connectivity index (χ3n) is 2.77. The van der Waals surface area contributed by atoms with Crippen molar-refractivity contribution in [3.63, 3.8) is 0 Å². The van der Waals surface area contributed by atoms with E-state index in [9.17, 15) is 10.1 Å². The highest BCUT2D eigenvalue weighted by atomic mass is 16.6. The summed E-state index contributed by atoms with van der Waals surface area (Å²) in [5.41, 5.74) is 0.897. The molecule has 1 aromatic heterocycles. The monoisotopic (exact) mass is 278 g/mol. The zero-order valence-corrected chi connectivity index (χ0v) is 11.1. The maximum atomic E-state index is 11.1. The zero-order chi connectivity index (χ0) is 14.7. The number of aryl methyl sites for hydroxylation is 1. The first kappa shape index (κ1) is 13.9. The first-order valence-corrected chi connectivity index (χ1v) is 5.89. The van der Waals surface area contributed by atoms with Crippen LogP contribution < -0.4 is 4.74 Å². The van der Waals surface area contributed by atoms with Gasteiger partial charge in [-0.3, -0.25) is 14.8 Å². The molecule has 0 spiro atoms. The summed E-state index contributed by atoms with van der Waals surface area (Å²) in [4.78, 5) is 14.7. The van der Waals surface area contributed by atoms with Crippen LogP contribution in [-0.2, 0) is 13.5 Å². The Labute approximate surface area is 114 Å². The number of hydrogen-bond acceptors (Lipinski definition) is 6. The second-order valence-electron chi connectivity index (χ2n) is 4.17. The van der Waals surface area contributed by atoms with Crippen molar-refractivity contribution in [1.82, 2.24) is 14.8 Å². The molecule has 0 saturated carbocycles. The topological polar surface area (TPSA) is 103 Å². The fourth-order valence-corrected chi connectivity index (χ4v) is 1.92. The van der Waals surface area contributed by atoms with E-state index in [0.29, 0.717) is 23.4 Å². The second-order valence-corrected chi connectivity index (χ2v) is 4.17. The number of rotatable bonds is 5. The molecule has 2 rings (SSSR count). The van der Waals surface area contributed by atoms with Gasteiger partial charge in [0.1, 0.15) is 6.33 Å². The summed E-state index contributed by atoms with van der Waals surface area (Å²) in [7, 11) is 3.06. The van der Waals surface area contributed by atoms with Gasteiger partial charge in [-0.15, -0.1) is 0 Å². The van der Waals surface area contributed by atoms with E-state index in [4.69, 9.17) is 9.84 Å². The van der Waals surface area contributed by atoms with Crippen LogP contribution in [-0.4, -0.2) is 38.5 Å². The molecule has 2 aromatic rings. The van der Waals surface area contributed by atoms with Gasteiger partial charge < -0.3 is 9.84 Å². The minimum Gasteiger partial charge on any atom is -0.490 e. The van der Waals surface area contributed by atoms with Crippen LogP contribution in [0.15, 0.2) is 18.5 Å². The summed E-state index contributed by atoms with van der Waals surface area (Å²) in [6, 6.07) is 3.08. The number of nitrogens with zero attached hydrogens (tertiary/aromatic N) is 4. The number of hydrogen-bond donors (Lipinski definition) is 1. The Kier molecular flexibility index (Phi) is 3.94. The van der Waals surface area contributed by atoms with Gasteiger partial charge in [0.25, 0.3) is 0 Å². The van der Waals surface area contributed by atoms with Crippen LogP contribution in [0, 0.1) is 10.1 Å². The van der Waals surface area contributed by atoms with Crippen molar-refractivity contribution in [2.45, 2.75) is 6.42 Å². The van der Waals surface area contributed by atoms with Gasteiger partial charge in [-0.05, 0) is 18.1 Å². The molecule has 0 saturated heterocycles. The van der Waals surface area contributed by atoms with Crippen LogP contribution in [0.5, 0.6) is 5.75 Å². The van der Waals surface area contributed by atoms with Gasteiger partial charge in [0.2, 0.25) is 5.75 Å². The lowest BCUT2D eigenvalue weighted by atomic mass is 10.0. The molecule has 20 heavy (non-hydrogen) atoms. The molecule has 0 aliphatic carbocycles. The van der Waals surface area contributed by atoms with Gasteiger partial charge >= 0.3 is 5.69 Å². The molecule has 0 amide bonds. The molecule has 0 aliphatic rings. The summed E-state index contributed by atoms with van der Waals surface area (Å²) in [5.74, 6) is 0.454. The van der Waals surface area contributed by atoms with Crippen molar-refractivity contribution in [3.05, 3.63) is 34.1 Å². The molecular weight excluding hydrogens is 264 g/mol. The molecule has 1 heterocycles. The first-order valence-electron chi connectivity index (χ1n) is 5.89. The Hall–Kier alpha value is -2.48. The van der Waals surface area contributed by atoms with Gasteiger partial charge in [-0.25, -0.2) is 4.98 Å². The van der Waals surface area contributed by atoms with E-state index in [0.717, 1.165) is 0 Å². The van der Waals surface area contributed by atoms with Crippen molar-refractivity contribution >= 4 is 5.69 Å². The molecule has 0 unspecified atom stereocenters. The van der Waals surface area contributed by atoms with Crippen molar-refractivity contribution < 1.29 is 14.8 Å². The molecule has 1 aromatic carbocycles. The first-order chi connectivity index (χ1) is 9.56. The van der Waals surface area contributed by atoms with E-state index in [1.54, 1.807) is 13.1 Å². The number of methoxy groups -OCH3 is 1. The summed E-state index contributed by atoms with van der Waals surface area (Å²) in [6.07, 6.45) is 1.81. The van der Waals surface area contributed by atoms with Crippen LogP contribution in [0.25, 0.3) is 11.4 Å². The van der Waals surface area contributed by atoms with Crippen LogP contribution >= 0.6 is 0 Å². The number of aromatic nitrogens is 3. The minimum absolute atomic E-state index is 0.0986. The molecule has 106 valence electrons. The van der Waals surface area contributed by atoms with Gasteiger partial charge in [-0.1, -0.05) is 0 Å². The van der Waals surface area contributed by atoms with E-state index < -0.39 is 4.92 Å². The smallest absolute Gasteiger partial charge is 0.311 e. The van der Waals surface area contributed by atoms with Crippen LogP contribution in [0.2, 0.25) is 0 Å². The van der Waals surface area contributed by atoms with E-state index in [2.05, 4.69) is 10.1 Å². The SMILES string of the molecule is COc1c(-c2ncn(C)n2)cc(CCO)cc1[N+](=O)[O-]. The number of nitro benzene ring substituents is 1. The molecule has 0 fully saturated rings. The molecule has 1 N–H and O–H groups in total. The number of nitro groups is 1. The Morgan fingerprint density at radius 2 is 2.25 bits per heavy atom. The molecule has 0 aliphatic heterocycles. The van der Waals surface area contributed by atoms with E-state index in [1.807, 2.05) is 0 Å². The minimum atomic E-state index is -0.522. The normalized spacial score (nSPS) is 10.6. The zero-order valence-electron chi connectivity index (χ0n) is 11.1. The fourth-order valence-electron chi connectivity index (χ4n) is 1.92. The lowest BCUT2D eigenvalue weighted by molar-refractivity contribution is -0.385. The standard InChI is InChI=1S/C12H14N4O4/c1-15-7-13-12(14-15)9-5-8(3-4-17)6-10(16(18)19)11(9)20-2/h5-7,17H,3-4H2,1-2H3. The number of benzene rings is 1. The largest absolute Gasteiger partial charge is 0.490 e. The van der Waals surface area contributed by atoms with Crippen molar-refractivity contribution in [3.8, 4) is 17.1 Å². The third-order valence-corrected chi connectivity index (χ3v) is 2.77. The van der Waals surface area contributed by atoms with Crippen molar-refractivity contribution in [2.75, 3.05) is 13.7 Å². The van der Waals surface area contributed by atoms with Gasteiger partial charge in [0.15, 0.2) is 5.82 Å². The highest BCUT2D eigenvalue weighted by molar-refractivity contribution is 5.72. The van der Waals surface area contributed by atoms with E-state index >= 15 is 0 Å². The molecule has 0 radical (unpaired) electrons. The predicted octanol–water partition coefficient (Wildman–Crippen LogP) is 0.934. The van der Waals surface area contributed by atoms with E-state index in [1.165, 1.54) is 24.2 Å². The third kappa shape index (κ3) is 2.59. The fraction of sp³-hybridized carbons (Fsp3) is 0.333. The summed E-state index contributed by atoms with van der Waals surface area (Å²) in [6.45, 7) is -0.0986. The Morgan fingerprint density at radius 1 is 1.50 bits per heavy atom. The molecule has 8 nitrogen and oxygen atoms in total. The van der Waals surface area contributed by atoms with Crippen LogP contribution in [0.3, 0.4) is 0 Å². The quantitative estimate of drug-likeness (QED) is 0.644. The average molecular weight is 278 g/mol. The number of ether oxygens (including phenoxy) is 1. The Balaban J connectivity index is 2.66. The van der Waals surface area contributed by atoms with Gasteiger partial charge in [-0.2, -0.15) is 5.10 Å². The molecule has 0 bridgehead atoms. The predicted molar refractivity (Wildman–Crippen MR) is 70.4 cm³/mol. The maximum absolute atomic E-state index is 11.1. The Bertz CT molecular complexity index is 638. The molecule has 0 atom stereocenters. The molecular formula is C12H14N4O4. The van der Waals surface area contributed by atoms with Crippen molar-refractivity contribution in [2.24, 2.45) is 7.05 Å². The maximum Gasteiger partial charge on any atom is 0.311 e. The summed E-state index contributed by atoms with van der Waals surface area (Å²) >= 11 is 0.